The number of aliphatic imine (C=N–C) groups is 1. The molecule has 2 rings (SSSR count). The summed E-state index contributed by atoms with van der Waals surface area (Å²) in [5, 5.41) is 6.75. The molecule has 0 radical (unpaired) electrons. The Morgan fingerprint density at radius 3 is 2.33 bits per heavy atom. The molecule has 1 aliphatic heterocycles. The summed E-state index contributed by atoms with van der Waals surface area (Å²) in [5.74, 6) is 1.68. The minimum absolute atomic E-state index is 0. The Bertz CT molecular complexity index is 535. The molecule has 5 nitrogen and oxygen atoms in total. The molecule has 1 saturated heterocycles. The molecule has 2 N–H and O–H groups in total. The fraction of sp³-hybridized carbons (Fsp3) is 0.632. The van der Waals surface area contributed by atoms with Crippen molar-refractivity contribution in [2.75, 3.05) is 65.2 Å². The smallest absolute Gasteiger partial charge is 0.191 e. The molecule has 0 saturated carbocycles. The third-order valence-corrected chi connectivity index (χ3v) is 5.65. The number of hydrogen-bond acceptors (Lipinski definition) is 4. The number of thioether (sulfide) groups is 1. The molecule has 27 heavy (non-hydrogen) atoms. The number of hydrogen-bond donors (Lipinski definition) is 2. The fourth-order valence-electron chi connectivity index (χ4n) is 2.88. The number of rotatable bonds is 9. The summed E-state index contributed by atoms with van der Waals surface area (Å²) >= 11 is 1.75. The number of nitrogens with one attached hydrogen (secondary N) is 2. The average molecular weight is 509 g/mol. The Labute approximate surface area is 184 Å². The Balaban J connectivity index is 0.00000364. The number of nitrogens with zero attached hydrogens (tertiary/aromatic N) is 3. The van der Waals surface area contributed by atoms with Crippen LogP contribution in [0.4, 0.5) is 4.39 Å². The van der Waals surface area contributed by atoms with E-state index in [1.807, 2.05) is 19.2 Å². The van der Waals surface area contributed by atoms with Crippen molar-refractivity contribution in [2.45, 2.75) is 18.2 Å². The normalized spacial score (nSPS) is 16.0. The van der Waals surface area contributed by atoms with Crippen LogP contribution < -0.4 is 10.6 Å². The second kappa shape index (κ2) is 14.4. The third-order valence-electron chi connectivity index (χ3n) is 4.55. The number of halogens is 2. The summed E-state index contributed by atoms with van der Waals surface area (Å²) in [6, 6.07) is 6.67. The van der Waals surface area contributed by atoms with Gasteiger partial charge in [-0.15, -0.1) is 35.7 Å². The lowest BCUT2D eigenvalue weighted by molar-refractivity contribution is 0.139. The molecule has 0 unspecified atom stereocenters. The van der Waals surface area contributed by atoms with Crippen LogP contribution >= 0.6 is 35.7 Å². The lowest BCUT2D eigenvalue weighted by atomic mass is 10.3. The van der Waals surface area contributed by atoms with E-state index in [9.17, 15) is 4.39 Å². The maximum atomic E-state index is 12.9. The summed E-state index contributed by atoms with van der Waals surface area (Å²) in [7, 11) is 1.81. The van der Waals surface area contributed by atoms with Crippen molar-refractivity contribution in [3.8, 4) is 0 Å². The molecule has 154 valence electrons. The predicted molar refractivity (Wildman–Crippen MR) is 125 cm³/mol. The van der Waals surface area contributed by atoms with Crippen molar-refractivity contribution in [1.29, 1.82) is 0 Å². The van der Waals surface area contributed by atoms with Crippen LogP contribution in [0.1, 0.15) is 13.3 Å². The molecule has 1 fully saturated rings. The molecule has 1 aromatic rings. The topological polar surface area (TPSA) is 42.9 Å². The van der Waals surface area contributed by atoms with Crippen LogP contribution in [0.25, 0.3) is 0 Å². The minimum Gasteiger partial charge on any atom is -0.356 e. The average Bonchev–Trinajstić information content (AvgIpc) is 2.68. The Kier molecular flexibility index (Phi) is 13.1. The van der Waals surface area contributed by atoms with Gasteiger partial charge in [-0.05, 0) is 43.0 Å². The van der Waals surface area contributed by atoms with Crippen LogP contribution in [-0.2, 0) is 0 Å². The molecular weight excluding hydrogens is 476 g/mol. The molecule has 0 atom stereocenters. The van der Waals surface area contributed by atoms with E-state index in [2.05, 4.69) is 32.3 Å². The van der Waals surface area contributed by atoms with Gasteiger partial charge < -0.3 is 15.5 Å². The van der Waals surface area contributed by atoms with E-state index in [0.29, 0.717) is 0 Å². The van der Waals surface area contributed by atoms with Crippen molar-refractivity contribution in [3.63, 3.8) is 0 Å². The van der Waals surface area contributed by atoms with Gasteiger partial charge in [-0.25, -0.2) is 4.39 Å². The van der Waals surface area contributed by atoms with Crippen molar-refractivity contribution in [1.82, 2.24) is 20.4 Å². The lowest BCUT2D eigenvalue weighted by Gasteiger charge is -2.34. The highest BCUT2D eigenvalue weighted by atomic mass is 127. The standard InChI is InChI=1S/C19H32FN5S.HI/c1-3-24-12-14-25(15-13-24)11-10-23-19(21-2)22-9-4-16-26-18-7-5-17(20)6-8-18;/h5-8H,3-4,9-16H2,1-2H3,(H2,21,22,23);1H. The molecule has 8 heteroatoms. The maximum absolute atomic E-state index is 12.9. The van der Waals surface area contributed by atoms with E-state index in [1.165, 1.54) is 25.2 Å². The van der Waals surface area contributed by atoms with Gasteiger partial charge in [0.2, 0.25) is 0 Å². The quantitative estimate of drug-likeness (QED) is 0.176. The first kappa shape index (κ1) is 24.5. The zero-order chi connectivity index (χ0) is 18.6. The third kappa shape index (κ3) is 9.96. The first-order chi connectivity index (χ1) is 12.7. The van der Waals surface area contributed by atoms with Crippen LogP contribution in [0.5, 0.6) is 0 Å². The second-order valence-corrected chi connectivity index (χ2v) is 7.53. The van der Waals surface area contributed by atoms with Gasteiger partial charge in [0.15, 0.2) is 5.96 Å². The van der Waals surface area contributed by atoms with Crippen molar-refractivity contribution < 1.29 is 4.39 Å². The molecule has 0 spiro atoms. The van der Waals surface area contributed by atoms with E-state index in [4.69, 9.17) is 0 Å². The molecule has 1 heterocycles. The number of guanidine groups is 1. The zero-order valence-electron chi connectivity index (χ0n) is 16.4. The van der Waals surface area contributed by atoms with Crippen molar-refractivity contribution in [2.24, 2.45) is 4.99 Å². The number of benzene rings is 1. The summed E-state index contributed by atoms with van der Waals surface area (Å²) in [5.41, 5.74) is 0. The monoisotopic (exact) mass is 509 g/mol. The Morgan fingerprint density at radius 2 is 1.70 bits per heavy atom. The zero-order valence-corrected chi connectivity index (χ0v) is 19.6. The van der Waals surface area contributed by atoms with E-state index < -0.39 is 0 Å². The van der Waals surface area contributed by atoms with Gasteiger partial charge in [0.05, 0.1) is 0 Å². The predicted octanol–water partition coefficient (Wildman–Crippen LogP) is 2.73. The molecule has 0 amide bonds. The molecule has 1 aromatic carbocycles. The van der Waals surface area contributed by atoms with Gasteiger partial charge in [-0.3, -0.25) is 9.89 Å². The number of piperazine rings is 1. The summed E-state index contributed by atoms with van der Waals surface area (Å²) < 4.78 is 12.9. The molecule has 0 aliphatic carbocycles. The van der Waals surface area contributed by atoms with E-state index in [0.717, 1.165) is 62.3 Å². The number of likely N-dealkylation sites (N-methyl/N-ethyl adjacent to an activating group) is 1. The highest BCUT2D eigenvalue weighted by Crippen LogP contribution is 2.18. The molecule has 0 bridgehead atoms. The maximum Gasteiger partial charge on any atom is 0.191 e. The fourth-order valence-corrected chi connectivity index (χ4v) is 3.73. The van der Waals surface area contributed by atoms with Crippen LogP contribution in [-0.4, -0.2) is 80.9 Å². The first-order valence-electron chi connectivity index (χ1n) is 9.49. The second-order valence-electron chi connectivity index (χ2n) is 6.36. The molecule has 0 aromatic heterocycles. The van der Waals surface area contributed by atoms with Gasteiger partial charge in [0.1, 0.15) is 5.82 Å². The van der Waals surface area contributed by atoms with Gasteiger partial charge in [-0.1, -0.05) is 6.92 Å². The minimum atomic E-state index is -0.182. The van der Waals surface area contributed by atoms with E-state index in [-0.39, 0.29) is 29.8 Å². The van der Waals surface area contributed by atoms with Crippen LogP contribution in [0.15, 0.2) is 34.2 Å². The van der Waals surface area contributed by atoms with Crippen LogP contribution in [0.2, 0.25) is 0 Å². The summed E-state index contributed by atoms with van der Waals surface area (Å²) in [6.45, 7) is 10.9. The van der Waals surface area contributed by atoms with Gasteiger partial charge in [0, 0.05) is 57.8 Å². The van der Waals surface area contributed by atoms with Gasteiger partial charge in [0.25, 0.3) is 0 Å². The van der Waals surface area contributed by atoms with Gasteiger partial charge in [-0.2, -0.15) is 0 Å². The van der Waals surface area contributed by atoms with E-state index >= 15 is 0 Å². The van der Waals surface area contributed by atoms with Crippen LogP contribution in [0.3, 0.4) is 0 Å². The highest BCUT2D eigenvalue weighted by Gasteiger charge is 2.14. The van der Waals surface area contributed by atoms with Crippen molar-refractivity contribution >= 4 is 41.7 Å². The van der Waals surface area contributed by atoms with Gasteiger partial charge >= 0.3 is 0 Å². The summed E-state index contributed by atoms with van der Waals surface area (Å²) in [6.07, 6.45) is 1.03. The highest BCUT2D eigenvalue weighted by molar-refractivity contribution is 14.0. The van der Waals surface area contributed by atoms with Crippen molar-refractivity contribution in [3.05, 3.63) is 30.1 Å². The summed E-state index contributed by atoms with van der Waals surface area (Å²) in [4.78, 5) is 10.4. The van der Waals surface area contributed by atoms with E-state index in [1.54, 1.807) is 11.8 Å². The SMILES string of the molecule is CCN1CCN(CCNC(=NC)NCCCSc2ccc(F)cc2)CC1.I. The first-order valence-corrected chi connectivity index (χ1v) is 10.5. The molecular formula is C19H33FIN5S. The Morgan fingerprint density at radius 1 is 1.07 bits per heavy atom. The largest absolute Gasteiger partial charge is 0.356 e. The lowest BCUT2D eigenvalue weighted by Crippen LogP contribution is -2.49. The molecule has 1 aliphatic rings. The van der Waals surface area contributed by atoms with Crippen LogP contribution in [0, 0.1) is 5.82 Å². The Hall–Kier alpha value is -0.580.